The molecule has 5 rings (SSSR count). The zero-order valence-electron chi connectivity index (χ0n) is 25.6. The highest BCUT2D eigenvalue weighted by atomic mass is 127. The number of aromatic nitrogens is 2. The van der Waals surface area contributed by atoms with Crippen LogP contribution in [0.4, 0.5) is 0 Å². The molecule has 8 nitrogen and oxygen atoms in total. The molecule has 0 bridgehead atoms. The van der Waals surface area contributed by atoms with E-state index in [1.807, 2.05) is 50.2 Å². The van der Waals surface area contributed by atoms with Crippen molar-refractivity contribution in [3.63, 3.8) is 0 Å². The maximum atomic E-state index is 10.9. The minimum atomic E-state index is -0.922. The van der Waals surface area contributed by atoms with Crippen molar-refractivity contribution < 1.29 is 28.2 Å². The zero-order chi connectivity index (χ0) is 30.9. The van der Waals surface area contributed by atoms with Gasteiger partial charge in [0.2, 0.25) is 11.8 Å². The van der Waals surface area contributed by atoms with Crippen molar-refractivity contribution in [1.82, 2.24) is 9.97 Å². The molecule has 2 aromatic carbocycles. The highest BCUT2D eigenvalue weighted by Gasteiger charge is 2.25. The van der Waals surface area contributed by atoms with Crippen molar-refractivity contribution >= 4 is 28.6 Å². The molecule has 230 valence electrons. The van der Waals surface area contributed by atoms with Crippen LogP contribution in [0.25, 0.3) is 22.9 Å². The number of oxazole rings is 2. The standard InChI is InChI=1S/C22H29NO5.C12H12INO/c1-14-7-9-18(10-8-14)21-23-20(15(2)28-21)13-27-19-6-4-5-17(11-19)12-26-16(3)22(24)25;1-8-3-5-10(6-4-8)12-14-11(7-13)9(2)15-12/h7-10,16-17,19H,4-6,11-13H2,1-3H3,(H,24,25);3-6H,7H2,1-2H3/t16?,17-,19+;/m0./s1. The second-order valence-corrected chi connectivity index (χ2v) is 12.0. The number of carboxylic acids is 1. The van der Waals surface area contributed by atoms with Gasteiger partial charge in [0, 0.05) is 15.6 Å². The summed E-state index contributed by atoms with van der Waals surface area (Å²) in [7, 11) is 0. The number of nitrogens with zero attached hydrogens (tertiary/aromatic N) is 2. The Balaban J connectivity index is 0.000000237. The predicted octanol–water partition coefficient (Wildman–Crippen LogP) is 8.42. The molecule has 9 heteroatoms. The lowest BCUT2D eigenvalue weighted by molar-refractivity contribution is -0.150. The fourth-order valence-corrected chi connectivity index (χ4v) is 5.55. The number of carbonyl (C=O) groups is 1. The molecule has 0 amide bonds. The third-order valence-electron chi connectivity index (χ3n) is 7.63. The maximum Gasteiger partial charge on any atom is 0.332 e. The van der Waals surface area contributed by atoms with Crippen LogP contribution in [-0.4, -0.2) is 39.9 Å². The van der Waals surface area contributed by atoms with Gasteiger partial charge in [-0.2, -0.15) is 0 Å². The molecule has 0 radical (unpaired) electrons. The summed E-state index contributed by atoms with van der Waals surface area (Å²) in [6, 6.07) is 16.3. The highest BCUT2D eigenvalue weighted by molar-refractivity contribution is 14.1. The Morgan fingerprint density at radius 2 is 1.44 bits per heavy atom. The van der Waals surface area contributed by atoms with Crippen molar-refractivity contribution in [3.05, 3.63) is 82.6 Å². The van der Waals surface area contributed by atoms with Crippen LogP contribution < -0.4 is 0 Å². The van der Waals surface area contributed by atoms with Gasteiger partial charge in [-0.05, 0) is 84.1 Å². The number of aliphatic carboxylic acids is 1. The van der Waals surface area contributed by atoms with Gasteiger partial charge in [0.25, 0.3) is 0 Å². The van der Waals surface area contributed by atoms with E-state index in [0.29, 0.717) is 25.0 Å². The van der Waals surface area contributed by atoms with Gasteiger partial charge >= 0.3 is 5.97 Å². The maximum absolute atomic E-state index is 10.9. The van der Waals surface area contributed by atoms with E-state index in [1.54, 1.807) is 6.92 Å². The molecular weight excluding hydrogens is 659 g/mol. The van der Waals surface area contributed by atoms with E-state index < -0.39 is 12.1 Å². The number of alkyl halides is 1. The summed E-state index contributed by atoms with van der Waals surface area (Å²) in [4.78, 5) is 19.9. The van der Waals surface area contributed by atoms with E-state index in [1.165, 1.54) is 11.1 Å². The number of hydrogen-bond donors (Lipinski definition) is 1. The number of ether oxygens (including phenoxy) is 2. The molecule has 1 aliphatic carbocycles. The normalized spacial score (nSPS) is 17.3. The average Bonchev–Trinajstić information content (AvgIpc) is 3.57. The highest BCUT2D eigenvalue weighted by Crippen LogP contribution is 2.29. The van der Waals surface area contributed by atoms with Gasteiger partial charge in [-0.25, -0.2) is 14.8 Å². The first kappa shape index (κ1) is 32.9. The zero-order valence-corrected chi connectivity index (χ0v) is 27.7. The Kier molecular flexibility index (Phi) is 12.0. The van der Waals surface area contributed by atoms with Crippen LogP contribution in [-0.2, 0) is 25.3 Å². The Morgan fingerprint density at radius 3 is 1.95 bits per heavy atom. The molecule has 1 N–H and O–H groups in total. The minimum Gasteiger partial charge on any atom is -0.479 e. The molecule has 1 unspecified atom stereocenters. The number of benzene rings is 2. The van der Waals surface area contributed by atoms with Crippen LogP contribution in [0.5, 0.6) is 0 Å². The Bertz CT molecular complexity index is 1460. The summed E-state index contributed by atoms with van der Waals surface area (Å²) in [5.41, 5.74) is 6.31. The molecular formula is C34H41IN2O6. The molecule has 0 aliphatic heterocycles. The van der Waals surface area contributed by atoms with Crippen LogP contribution in [0, 0.1) is 33.6 Å². The molecule has 2 aromatic heterocycles. The monoisotopic (exact) mass is 700 g/mol. The summed E-state index contributed by atoms with van der Waals surface area (Å²) in [6.07, 6.45) is 3.38. The number of hydrogen-bond acceptors (Lipinski definition) is 7. The number of halogens is 1. The van der Waals surface area contributed by atoms with Crippen LogP contribution in [0.2, 0.25) is 0 Å². The third-order valence-corrected chi connectivity index (χ3v) is 8.35. The summed E-state index contributed by atoms with van der Waals surface area (Å²) in [5.74, 6) is 2.45. The topological polar surface area (TPSA) is 108 Å². The summed E-state index contributed by atoms with van der Waals surface area (Å²) < 4.78 is 23.9. The van der Waals surface area contributed by atoms with Crippen molar-refractivity contribution in [3.8, 4) is 22.9 Å². The van der Waals surface area contributed by atoms with Gasteiger partial charge < -0.3 is 23.4 Å². The minimum absolute atomic E-state index is 0.140. The smallest absolute Gasteiger partial charge is 0.332 e. The second-order valence-electron chi connectivity index (χ2n) is 11.2. The first-order chi connectivity index (χ1) is 20.6. The molecule has 0 saturated heterocycles. The predicted molar refractivity (Wildman–Crippen MR) is 174 cm³/mol. The van der Waals surface area contributed by atoms with Gasteiger partial charge in [0.05, 0.1) is 25.0 Å². The Hall–Kier alpha value is -3.02. The molecule has 1 aliphatic rings. The molecule has 1 fully saturated rings. The largest absolute Gasteiger partial charge is 0.479 e. The summed E-state index contributed by atoms with van der Waals surface area (Å²) in [6.45, 7) is 10.4. The third kappa shape index (κ3) is 9.48. The van der Waals surface area contributed by atoms with Crippen LogP contribution in [0.15, 0.2) is 57.4 Å². The number of carboxylic acid groups (broad SMARTS) is 1. The van der Waals surface area contributed by atoms with E-state index in [2.05, 4.69) is 58.5 Å². The lowest BCUT2D eigenvalue weighted by Gasteiger charge is -2.29. The van der Waals surface area contributed by atoms with Crippen molar-refractivity contribution in [2.24, 2.45) is 5.92 Å². The van der Waals surface area contributed by atoms with E-state index >= 15 is 0 Å². The molecule has 1 saturated carbocycles. The van der Waals surface area contributed by atoms with Gasteiger partial charge in [-0.15, -0.1) is 0 Å². The van der Waals surface area contributed by atoms with Gasteiger partial charge in [0.1, 0.15) is 17.2 Å². The van der Waals surface area contributed by atoms with Crippen molar-refractivity contribution in [1.29, 1.82) is 0 Å². The van der Waals surface area contributed by atoms with Crippen LogP contribution in [0.3, 0.4) is 0 Å². The lowest BCUT2D eigenvalue weighted by atomic mass is 9.87. The molecule has 0 spiro atoms. The van der Waals surface area contributed by atoms with Crippen molar-refractivity contribution in [2.45, 2.75) is 83.5 Å². The quantitative estimate of drug-likeness (QED) is 0.130. The molecule has 43 heavy (non-hydrogen) atoms. The lowest BCUT2D eigenvalue weighted by Crippen LogP contribution is -2.29. The van der Waals surface area contributed by atoms with Gasteiger partial charge in [-0.1, -0.05) is 64.4 Å². The van der Waals surface area contributed by atoms with Gasteiger partial charge in [-0.3, -0.25) is 0 Å². The van der Waals surface area contributed by atoms with Crippen molar-refractivity contribution in [2.75, 3.05) is 6.61 Å². The Morgan fingerprint density at radius 1 is 0.907 bits per heavy atom. The average molecular weight is 701 g/mol. The number of rotatable bonds is 10. The van der Waals surface area contributed by atoms with E-state index in [9.17, 15) is 4.79 Å². The van der Waals surface area contributed by atoms with Crippen LogP contribution >= 0.6 is 22.6 Å². The molecule has 2 heterocycles. The molecule has 4 aromatic rings. The van der Waals surface area contributed by atoms with Gasteiger partial charge in [0.15, 0.2) is 6.10 Å². The second kappa shape index (κ2) is 15.6. The summed E-state index contributed by atoms with van der Waals surface area (Å²) >= 11 is 2.29. The first-order valence-corrected chi connectivity index (χ1v) is 16.2. The number of aryl methyl sites for hydroxylation is 4. The molecule has 3 atom stereocenters. The fourth-order valence-electron chi connectivity index (χ4n) is 4.85. The Labute approximate surface area is 267 Å². The first-order valence-electron chi connectivity index (χ1n) is 14.7. The SMILES string of the molecule is Cc1ccc(-c2nc(CI)c(C)o2)cc1.Cc1ccc(-c2nc(CO[C@@H]3CCC[C@H](COC(C)C(=O)O)C3)c(C)o2)cc1. The summed E-state index contributed by atoms with van der Waals surface area (Å²) in [5, 5.41) is 8.93. The van der Waals surface area contributed by atoms with E-state index in [0.717, 1.165) is 70.0 Å². The fraction of sp³-hybridized carbons (Fsp3) is 0.441. The van der Waals surface area contributed by atoms with Crippen LogP contribution in [0.1, 0.15) is 66.6 Å². The van der Waals surface area contributed by atoms with E-state index in [-0.39, 0.29) is 6.10 Å². The van der Waals surface area contributed by atoms with E-state index in [4.69, 9.17) is 23.4 Å².